The van der Waals surface area contributed by atoms with Crippen molar-refractivity contribution in [3.63, 3.8) is 0 Å². The van der Waals surface area contributed by atoms with E-state index in [-0.39, 0.29) is 0 Å². The third kappa shape index (κ3) is 2.26. The molecule has 2 N–H and O–H groups in total. The Bertz CT molecular complexity index is 211. The number of rotatable bonds is 2. The molecule has 1 aliphatic carbocycles. The summed E-state index contributed by atoms with van der Waals surface area (Å²) >= 11 is 4.94. The fourth-order valence-corrected chi connectivity index (χ4v) is 3.21. The molecule has 3 heteroatoms. The maximum Gasteiger partial charge on any atom is 0.0870 e. The third-order valence-electron chi connectivity index (χ3n) is 3.96. The summed E-state index contributed by atoms with van der Waals surface area (Å²) in [4.78, 5) is 3.05. The predicted molar refractivity (Wildman–Crippen MR) is 63.4 cm³/mol. The van der Waals surface area contributed by atoms with Crippen molar-refractivity contribution in [3.8, 4) is 0 Å². The number of thiocarbonyl (C=S) groups is 1. The van der Waals surface area contributed by atoms with E-state index in [2.05, 4.69) is 4.90 Å². The second-order valence-electron chi connectivity index (χ2n) is 4.95. The van der Waals surface area contributed by atoms with E-state index >= 15 is 0 Å². The van der Waals surface area contributed by atoms with Crippen LogP contribution in [-0.4, -0.2) is 29.5 Å². The van der Waals surface area contributed by atoms with Gasteiger partial charge in [0.25, 0.3) is 0 Å². The maximum absolute atomic E-state index is 5.56. The van der Waals surface area contributed by atoms with E-state index in [0.29, 0.717) is 10.4 Å². The van der Waals surface area contributed by atoms with Crippen LogP contribution in [0.4, 0.5) is 0 Å². The van der Waals surface area contributed by atoms with Gasteiger partial charge in [-0.25, -0.2) is 0 Å². The van der Waals surface area contributed by atoms with Gasteiger partial charge in [-0.3, -0.25) is 4.90 Å². The van der Waals surface area contributed by atoms with Gasteiger partial charge in [0.2, 0.25) is 0 Å². The highest BCUT2D eigenvalue weighted by atomic mass is 32.1. The standard InChI is InChI=1S/C11H20N2S/c12-10(14)9-13-7-5-11(6-8-13)3-1-2-4-11/h1-9H2,(H2,12,14). The Morgan fingerprint density at radius 2 is 1.71 bits per heavy atom. The summed E-state index contributed by atoms with van der Waals surface area (Å²) in [6.45, 7) is 3.24. The molecule has 1 saturated carbocycles. The number of likely N-dealkylation sites (tertiary alicyclic amines) is 1. The highest BCUT2D eigenvalue weighted by Gasteiger charge is 2.36. The Morgan fingerprint density at radius 1 is 1.14 bits per heavy atom. The lowest BCUT2D eigenvalue weighted by molar-refractivity contribution is 0.120. The lowest BCUT2D eigenvalue weighted by Gasteiger charge is -2.39. The summed E-state index contributed by atoms with van der Waals surface area (Å²) in [6.07, 6.45) is 8.58. The zero-order valence-corrected chi connectivity index (χ0v) is 9.61. The lowest BCUT2D eigenvalue weighted by atomic mass is 9.77. The largest absolute Gasteiger partial charge is 0.392 e. The predicted octanol–water partition coefficient (Wildman–Crippen LogP) is 1.93. The Balaban J connectivity index is 1.82. The number of nitrogens with two attached hydrogens (primary N) is 1. The summed E-state index contributed by atoms with van der Waals surface area (Å²) in [5, 5.41) is 0. The van der Waals surface area contributed by atoms with Crippen LogP contribution in [0.1, 0.15) is 38.5 Å². The fourth-order valence-electron chi connectivity index (χ4n) is 3.03. The van der Waals surface area contributed by atoms with Crippen LogP contribution in [0.3, 0.4) is 0 Å². The van der Waals surface area contributed by atoms with Crippen molar-refractivity contribution in [2.45, 2.75) is 38.5 Å². The molecule has 0 amide bonds. The molecule has 1 saturated heterocycles. The highest BCUT2D eigenvalue weighted by molar-refractivity contribution is 7.80. The van der Waals surface area contributed by atoms with Crippen molar-refractivity contribution in [1.82, 2.24) is 4.90 Å². The summed E-state index contributed by atoms with van der Waals surface area (Å²) in [7, 11) is 0. The molecule has 2 nitrogen and oxygen atoms in total. The van der Waals surface area contributed by atoms with Gasteiger partial charge in [-0.1, -0.05) is 25.1 Å². The summed E-state index contributed by atoms with van der Waals surface area (Å²) in [5.74, 6) is 0. The van der Waals surface area contributed by atoms with Gasteiger partial charge < -0.3 is 5.73 Å². The van der Waals surface area contributed by atoms with Crippen LogP contribution in [0.25, 0.3) is 0 Å². The van der Waals surface area contributed by atoms with Gasteiger partial charge in [-0.2, -0.15) is 0 Å². The van der Waals surface area contributed by atoms with E-state index in [1.54, 1.807) is 0 Å². The van der Waals surface area contributed by atoms with Gasteiger partial charge in [0.15, 0.2) is 0 Å². The molecule has 2 aliphatic rings. The average molecular weight is 212 g/mol. The maximum atomic E-state index is 5.56. The Kier molecular flexibility index (Phi) is 3.07. The molecule has 0 bridgehead atoms. The molecule has 0 aromatic heterocycles. The van der Waals surface area contributed by atoms with Crippen molar-refractivity contribution in [3.05, 3.63) is 0 Å². The number of nitrogens with zero attached hydrogens (tertiary/aromatic N) is 1. The minimum atomic E-state index is 0.646. The van der Waals surface area contributed by atoms with Crippen LogP contribution in [0.15, 0.2) is 0 Å². The van der Waals surface area contributed by atoms with Gasteiger partial charge in [-0.15, -0.1) is 0 Å². The topological polar surface area (TPSA) is 29.3 Å². The van der Waals surface area contributed by atoms with Crippen LogP contribution in [-0.2, 0) is 0 Å². The normalized spacial score (nSPS) is 26.9. The van der Waals surface area contributed by atoms with Gasteiger partial charge in [0.1, 0.15) is 0 Å². The van der Waals surface area contributed by atoms with E-state index in [9.17, 15) is 0 Å². The molecule has 0 aromatic rings. The minimum Gasteiger partial charge on any atom is -0.392 e. The first-order chi connectivity index (χ1) is 6.70. The molecule has 2 rings (SSSR count). The second-order valence-corrected chi connectivity index (χ2v) is 5.47. The van der Waals surface area contributed by atoms with Crippen molar-refractivity contribution in [1.29, 1.82) is 0 Å². The second kappa shape index (κ2) is 4.15. The zero-order chi connectivity index (χ0) is 10.0. The summed E-state index contributed by atoms with van der Waals surface area (Å²) in [5.41, 5.74) is 6.27. The molecule has 80 valence electrons. The van der Waals surface area contributed by atoms with E-state index < -0.39 is 0 Å². The molecule has 2 fully saturated rings. The molecular weight excluding hydrogens is 192 g/mol. The monoisotopic (exact) mass is 212 g/mol. The number of hydrogen-bond donors (Lipinski definition) is 1. The van der Waals surface area contributed by atoms with E-state index in [4.69, 9.17) is 18.0 Å². The molecule has 0 aromatic carbocycles. The molecule has 1 aliphatic heterocycles. The van der Waals surface area contributed by atoms with Gasteiger partial charge in [-0.05, 0) is 44.2 Å². The van der Waals surface area contributed by atoms with Gasteiger partial charge in [0, 0.05) is 6.54 Å². The smallest absolute Gasteiger partial charge is 0.0870 e. The van der Waals surface area contributed by atoms with Crippen molar-refractivity contribution in [2.24, 2.45) is 11.1 Å². The van der Waals surface area contributed by atoms with Crippen molar-refractivity contribution >= 4 is 17.2 Å². The minimum absolute atomic E-state index is 0.646. The zero-order valence-electron chi connectivity index (χ0n) is 8.80. The molecule has 1 spiro atoms. The Morgan fingerprint density at radius 3 is 2.21 bits per heavy atom. The quantitative estimate of drug-likeness (QED) is 0.709. The van der Waals surface area contributed by atoms with Crippen molar-refractivity contribution < 1.29 is 0 Å². The van der Waals surface area contributed by atoms with Crippen LogP contribution in [0, 0.1) is 5.41 Å². The van der Waals surface area contributed by atoms with Crippen LogP contribution in [0.2, 0.25) is 0 Å². The Hall–Kier alpha value is -0.150. The first kappa shape index (κ1) is 10.4. The van der Waals surface area contributed by atoms with Crippen LogP contribution < -0.4 is 5.73 Å². The molecule has 14 heavy (non-hydrogen) atoms. The first-order valence-electron chi connectivity index (χ1n) is 5.71. The van der Waals surface area contributed by atoms with Gasteiger partial charge in [0.05, 0.1) is 4.99 Å². The van der Waals surface area contributed by atoms with Gasteiger partial charge >= 0.3 is 0 Å². The van der Waals surface area contributed by atoms with E-state index in [1.165, 1.54) is 51.6 Å². The van der Waals surface area contributed by atoms with Crippen LogP contribution in [0.5, 0.6) is 0 Å². The fraction of sp³-hybridized carbons (Fsp3) is 0.909. The summed E-state index contributed by atoms with van der Waals surface area (Å²) in [6, 6.07) is 0. The van der Waals surface area contributed by atoms with E-state index in [0.717, 1.165) is 6.54 Å². The number of hydrogen-bond acceptors (Lipinski definition) is 2. The van der Waals surface area contributed by atoms with Crippen LogP contribution >= 0.6 is 12.2 Å². The highest BCUT2D eigenvalue weighted by Crippen LogP contribution is 2.45. The SMILES string of the molecule is NC(=S)CN1CCC2(CCCC2)CC1. The summed E-state index contributed by atoms with van der Waals surface area (Å²) < 4.78 is 0. The molecular formula is C11H20N2S. The third-order valence-corrected chi connectivity index (χ3v) is 4.09. The van der Waals surface area contributed by atoms with E-state index in [1.807, 2.05) is 0 Å². The first-order valence-corrected chi connectivity index (χ1v) is 6.12. The molecule has 0 radical (unpaired) electrons. The number of piperidine rings is 1. The molecule has 0 unspecified atom stereocenters. The average Bonchev–Trinajstić information content (AvgIpc) is 2.58. The molecule has 1 heterocycles. The lowest BCUT2D eigenvalue weighted by Crippen LogP contribution is -2.42. The van der Waals surface area contributed by atoms with Crippen molar-refractivity contribution in [2.75, 3.05) is 19.6 Å². The Labute approximate surface area is 91.8 Å². The molecule has 0 atom stereocenters.